The first-order chi connectivity index (χ1) is 39.2. The smallest absolute Gasteiger partial charge is 0.418 e. The Kier molecular flexibility index (Phi) is 25.0. The minimum Gasteiger partial charge on any atom is -0.724 e. The molecule has 82 heavy (non-hydrogen) atoms. The zero-order valence-electron chi connectivity index (χ0n) is 48.6. The topological polar surface area (TPSA) is 364 Å². The Labute approximate surface area is 481 Å². The van der Waals surface area contributed by atoms with Crippen molar-refractivity contribution in [3.05, 3.63) is 35.3 Å². The number of fused-ring (bicyclic) bond motifs is 6. The van der Waals surface area contributed by atoms with Gasteiger partial charge >= 0.3 is 28.5 Å². The summed E-state index contributed by atoms with van der Waals surface area (Å²) in [5, 5.41) is 35.7. The van der Waals surface area contributed by atoms with Crippen molar-refractivity contribution >= 4 is 38.9 Å². The van der Waals surface area contributed by atoms with Crippen LogP contribution < -0.4 is 5.73 Å². The summed E-state index contributed by atoms with van der Waals surface area (Å²) >= 11 is 0. The number of nitrogens with two attached hydrogens (primary N) is 1. The van der Waals surface area contributed by atoms with Crippen LogP contribution in [0.25, 0.3) is 0 Å². The summed E-state index contributed by atoms with van der Waals surface area (Å²) in [6.45, 7) is 20.7. The number of urea groups is 3. The highest BCUT2D eigenvalue weighted by molar-refractivity contribution is 7.81. The van der Waals surface area contributed by atoms with E-state index in [2.05, 4.69) is 80.7 Å². The fourth-order valence-corrected chi connectivity index (χ4v) is 11.9. The van der Waals surface area contributed by atoms with Crippen LogP contribution in [0.1, 0.15) is 217 Å². The van der Waals surface area contributed by atoms with Gasteiger partial charge in [0.2, 0.25) is 45.7 Å². The molecule has 6 bridgehead atoms. The van der Waals surface area contributed by atoms with E-state index < -0.39 is 57.0 Å². The van der Waals surface area contributed by atoms with Crippen molar-refractivity contribution in [2.45, 2.75) is 219 Å². The van der Waals surface area contributed by atoms with E-state index in [0.29, 0.717) is 104 Å². The van der Waals surface area contributed by atoms with Crippen LogP contribution in [-0.2, 0) is 48.6 Å². The van der Waals surface area contributed by atoms with Gasteiger partial charge in [0, 0.05) is 38.9 Å². The molecule has 9 rings (SSSR count). The SMILES string of the molecule is CCCC[N+](CCCC)(CCCC)CCCC.CCCCc1nnc([C@@H]2CC[C@@H]3CN2C(=O)N3O)o1.CCCCc1nnc([C@@H]2CC[C@@H]3CN2C(=O)N3OS(=O)(=O)[O-])o1.NCCCc1nnc([C@@H]2CC[C@@H]3CN2C(=O)N3OS(=O)(=O)O)o1. The monoisotopic (exact) mass is 1200 g/mol. The van der Waals surface area contributed by atoms with E-state index in [1.807, 2.05) is 0 Å². The molecule has 0 radical (unpaired) electrons. The van der Waals surface area contributed by atoms with Crippen LogP contribution in [0.15, 0.2) is 13.3 Å². The van der Waals surface area contributed by atoms with Gasteiger partial charge in [0.15, 0.2) is 0 Å². The summed E-state index contributed by atoms with van der Waals surface area (Å²) in [7, 11) is -9.74. The minimum atomic E-state index is -4.99. The van der Waals surface area contributed by atoms with Crippen LogP contribution in [0.3, 0.4) is 0 Å². The molecule has 3 aromatic rings. The van der Waals surface area contributed by atoms with E-state index in [4.69, 9.17) is 23.5 Å². The molecular formula is C51H88N14O15S2. The van der Waals surface area contributed by atoms with Gasteiger partial charge < -0.3 is 42.7 Å². The lowest BCUT2D eigenvalue weighted by molar-refractivity contribution is -0.929. The average Bonchev–Trinajstić information content (AvgIpc) is 3.65. The predicted molar refractivity (Wildman–Crippen MR) is 291 cm³/mol. The molecule has 0 unspecified atom stereocenters. The Morgan fingerprint density at radius 1 is 0.524 bits per heavy atom. The number of unbranched alkanes of at least 4 members (excludes halogenated alkanes) is 6. The first-order valence-corrected chi connectivity index (χ1v) is 32.2. The number of carbonyl (C=O) groups excluding carboxylic acids is 3. The van der Waals surface area contributed by atoms with E-state index in [1.54, 1.807) is 4.90 Å². The van der Waals surface area contributed by atoms with Gasteiger partial charge in [0.25, 0.3) is 0 Å². The number of hydrogen-bond donors (Lipinski definition) is 3. The standard InChI is InChI=1S/C16H36N.C12H18N4O6S.C12H18N4O3.C11H17N5O6S/c1-5-9-13-17(14-10-6-2,15-11-7-3)16-12-8-4;1-2-3-4-10-13-14-11(21-10)9-6-5-8-7-15(9)12(17)16(8)22-23(18,19)20;1-2-3-4-10-13-14-11(19-10)9-6-5-8-7-15(9)12(17)16(8)18;12-5-1-2-9-13-14-10(21-9)8-4-3-7-6-15(8)11(17)16(7)22-23(18,19)20/h5-16H2,1-4H3;8-9H,2-7H2,1H3,(H,18,19,20);8-9,18H,2-7H2,1H3;7-8H,1-6,12H2,(H,18,19,20)/q+1;;;/p-1/t;2*8-,9+;7-,8+/m.111/s1. The second-order valence-electron chi connectivity index (χ2n) is 21.9. The van der Waals surface area contributed by atoms with Crippen LogP contribution in [0.2, 0.25) is 0 Å². The average molecular weight is 1200 g/mol. The number of hydrogen-bond acceptors (Lipinski definition) is 21. The largest absolute Gasteiger partial charge is 0.724 e. The van der Waals surface area contributed by atoms with Gasteiger partial charge in [-0.15, -0.1) is 34.9 Å². The number of rotatable bonds is 28. The minimum absolute atomic E-state index is 0.0915. The second-order valence-corrected chi connectivity index (χ2v) is 23.8. The molecule has 6 amide bonds. The third kappa shape index (κ3) is 17.9. The Morgan fingerprint density at radius 2 is 0.866 bits per heavy atom. The quantitative estimate of drug-likeness (QED) is 0.0281. The van der Waals surface area contributed by atoms with Crippen LogP contribution >= 0.6 is 0 Å². The lowest BCUT2D eigenvalue weighted by atomic mass is 10.0. The molecule has 0 spiro atoms. The van der Waals surface area contributed by atoms with Crippen LogP contribution in [0.5, 0.6) is 0 Å². The second kappa shape index (κ2) is 31.1. The first-order valence-electron chi connectivity index (χ1n) is 29.5. The van der Waals surface area contributed by atoms with Gasteiger partial charge in [-0.3, -0.25) is 9.76 Å². The lowest BCUT2D eigenvalue weighted by Gasteiger charge is -2.39. The van der Waals surface area contributed by atoms with Gasteiger partial charge in [-0.1, -0.05) is 80.1 Å². The Hall–Kier alpha value is -5.15. The van der Waals surface area contributed by atoms with Crippen molar-refractivity contribution < 1.29 is 71.8 Å². The summed E-state index contributed by atoms with van der Waals surface area (Å²) in [4.78, 5) is 40.8. The van der Waals surface area contributed by atoms with Gasteiger partial charge in [-0.25, -0.2) is 27.9 Å². The zero-order chi connectivity index (χ0) is 59.6. The summed E-state index contributed by atoms with van der Waals surface area (Å²) in [5.74, 6) is 2.73. The highest BCUT2D eigenvalue weighted by Gasteiger charge is 2.51. The molecule has 6 aliphatic rings. The molecule has 0 aromatic carbocycles. The molecule has 3 aromatic heterocycles. The lowest BCUT2D eigenvalue weighted by Crippen LogP contribution is -2.50. The maximum atomic E-state index is 12.3. The van der Waals surface area contributed by atoms with Gasteiger partial charge in [0.1, 0.15) is 18.1 Å². The molecule has 6 fully saturated rings. The highest BCUT2D eigenvalue weighted by Crippen LogP contribution is 2.41. The fourth-order valence-electron chi connectivity index (χ4n) is 11.1. The van der Waals surface area contributed by atoms with Gasteiger partial charge in [-0.2, -0.15) is 22.8 Å². The molecule has 31 heteroatoms. The van der Waals surface area contributed by atoms with Crippen molar-refractivity contribution in [2.24, 2.45) is 5.73 Å². The zero-order valence-corrected chi connectivity index (χ0v) is 50.2. The van der Waals surface area contributed by atoms with E-state index in [-0.39, 0.29) is 31.2 Å². The summed E-state index contributed by atoms with van der Waals surface area (Å²) in [6.07, 6.45) is 21.4. The summed E-state index contributed by atoms with van der Waals surface area (Å²) < 4.78 is 89.5. The van der Waals surface area contributed by atoms with Crippen LogP contribution in [0, 0.1) is 0 Å². The fraction of sp³-hybridized carbons (Fsp3) is 0.824. The Bertz CT molecular complexity index is 2540. The number of amides is 6. The number of nitrogens with zero attached hydrogens (tertiary/aromatic N) is 13. The van der Waals surface area contributed by atoms with E-state index in [0.717, 1.165) is 50.0 Å². The molecule has 6 atom stereocenters. The van der Waals surface area contributed by atoms with Crippen LogP contribution in [0.4, 0.5) is 14.4 Å². The maximum absolute atomic E-state index is 12.3. The van der Waals surface area contributed by atoms with Crippen molar-refractivity contribution in [1.82, 2.24) is 60.5 Å². The molecule has 4 N–H and O–H groups in total. The molecule has 29 nitrogen and oxygen atoms in total. The predicted octanol–water partition coefficient (Wildman–Crippen LogP) is 7.13. The highest BCUT2D eigenvalue weighted by atomic mass is 32.3. The van der Waals surface area contributed by atoms with Gasteiger partial charge in [-0.05, 0) is 90.0 Å². The van der Waals surface area contributed by atoms with Crippen molar-refractivity contribution in [3.8, 4) is 0 Å². The van der Waals surface area contributed by atoms with Crippen molar-refractivity contribution in [3.63, 3.8) is 0 Å². The molecule has 6 aliphatic heterocycles. The third-order valence-electron chi connectivity index (χ3n) is 15.7. The van der Waals surface area contributed by atoms with E-state index in [9.17, 15) is 41.0 Å². The molecular weight excluding hydrogens is 1110 g/mol. The first kappa shape index (κ1) is 66.0. The Morgan fingerprint density at radius 3 is 1.22 bits per heavy atom. The van der Waals surface area contributed by atoms with Crippen LogP contribution in [-0.4, -0.2) is 185 Å². The molecule has 9 heterocycles. The number of carbonyl (C=O) groups is 3. The third-order valence-corrected chi connectivity index (χ3v) is 16.4. The normalized spacial score (nSPS) is 22.3. The van der Waals surface area contributed by atoms with Crippen molar-refractivity contribution in [2.75, 3.05) is 52.4 Å². The number of hydroxylamine groups is 6. The number of aromatic nitrogens is 6. The Balaban J connectivity index is 0.000000177. The van der Waals surface area contributed by atoms with Crippen molar-refractivity contribution in [1.29, 1.82) is 0 Å². The number of aryl methyl sites for hydroxylation is 3. The molecule has 0 saturated carbocycles. The molecule has 464 valence electrons. The number of quaternary nitrogens is 1. The van der Waals surface area contributed by atoms with E-state index >= 15 is 0 Å². The van der Waals surface area contributed by atoms with E-state index in [1.165, 1.54) is 91.8 Å². The van der Waals surface area contributed by atoms with Gasteiger partial charge in [0.05, 0.1) is 44.3 Å². The number of piperidine rings is 3. The maximum Gasteiger partial charge on any atom is 0.418 e. The summed E-state index contributed by atoms with van der Waals surface area (Å²) in [5.41, 5.74) is 5.43. The molecule has 0 aliphatic carbocycles. The summed E-state index contributed by atoms with van der Waals surface area (Å²) in [6, 6.07) is -3.75. The molecule has 6 saturated heterocycles.